The molecule has 45 heavy (non-hydrogen) atoms. The number of carbonyl (C=O) groups excluding carboxylic acids is 4. The molecule has 0 spiro atoms. The summed E-state index contributed by atoms with van der Waals surface area (Å²) in [5.41, 5.74) is 3.50. The standard InChI is InChI=1S/C35H34N2O8/c1-19-15-21(7-11-25(19)33(42)44-5)31(40)36-27-17-23(9-13-29(27)38)35(3,4)24-10-14-30(39)28(18-24)37-32(41)22-8-12-26(20(2)16-22)34(43)45-6/h7-18,38-39H,1-6H3,(H,36,40)(H,37,41). The van der Waals surface area contributed by atoms with Gasteiger partial charge in [-0.1, -0.05) is 26.0 Å². The van der Waals surface area contributed by atoms with Gasteiger partial charge < -0.3 is 30.3 Å². The van der Waals surface area contributed by atoms with E-state index in [-0.39, 0.29) is 22.9 Å². The number of phenols is 2. The summed E-state index contributed by atoms with van der Waals surface area (Å²) in [4.78, 5) is 49.9. The van der Waals surface area contributed by atoms with Gasteiger partial charge in [0.2, 0.25) is 0 Å². The fraction of sp³-hybridized carbons (Fsp3) is 0.200. The second-order valence-electron chi connectivity index (χ2n) is 11.0. The first-order chi connectivity index (χ1) is 21.3. The number of nitrogens with one attached hydrogen (secondary N) is 2. The first kappa shape index (κ1) is 32.3. The Bertz CT molecular complexity index is 1700. The van der Waals surface area contributed by atoms with Crippen LogP contribution in [-0.2, 0) is 14.9 Å². The third kappa shape index (κ3) is 6.80. The fourth-order valence-electron chi connectivity index (χ4n) is 4.89. The summed E-state index contributed by atoms with van der Waals surface area (Å²) in [5.74, 6) is -2.26. The van der Waals surface area contributed by atoms with Crippen molar-refractivity contribution in [2.24, 2.45) is 0 Å². The average molecular weight is 611 g/mol. The van der Waals surface area contributed by atoms with Gasteiger partial charge in [-0.2, -0.15) is 0 Å². The Hall–Kier alpha value is -5.64. The Labute approximate surface area is 260 Å². The van der Waals surface area contributed by atoms with Crippen LogP contribution < -0.4 is 10.6 Å². The van der Waals surface area contributed by atoms with Crippen LogP contribution in [0.4, 0.5) is 11.4 Å². The number of methoxy groups -OCH3 is 2. The topological polar surface area (TPSA) is 151 Å². The molecule has 10 nitrogen and oxygen atoms in total. The Morgan fingerprint density at radius 2 is 0.978 bits per heavy atom. The molecule has 0 bridgehead atoms. The molecule has 2 amide bonds. The van der Waals surface area contributed by atoms with E-state index < -0.39 is 29.2 Å². The van der Waals surface area contributed by atoms with Gasteiger partial charge in [0.15, 0.2) is 0 Å². The normalized spacial score (nSPS) is 11.0. The summed E-state index contributed by atoms with van der Waals surface area (Å²) in [6, 6.07) is 18.8. The maximum Gasteiger partial charge on any atom is 0.338 e. The number of anilines is 2. The number of carbonyl (C=O) groups is 4. The minimum absolute atomic E-state index is 0.141. The predicted molar refractivity (Wildman–Crippen MR) is 169 cm³/mol. The van der Waals surface area contributed by atoms with E-state index in [9.17, 15) is 29.4 Å². The van der Waals surface area contributed by atoms with Gasteiger partial charge in [-0.3, -0.25) is 9.59 Å². The Kier molecular flexibility index (Phi) is 9.27. The number of phenolic OH excluding ortho intramolecular Hbond substituents is 2. The summed E-state index contributed by atoms with van der Waals surface area (Å²) >= 11 is 0. The van der Waals surface area contributed by atoms with Crippen LogP contribution in [0, 0.1) is 13.8 Å². The molecule has 4 N–H and O–H groups in total. The third-order valence-corrected chi connectivity index (χ3v) is 7.72. The Morgan fingerprint density at radius 1 is 0.600 bits per heavy atom. The lowest BCUT2D eigenvalue weighted by Gasteiger charge is -2.28. The molecule has 4 rings (SSSR count). The Balaban J connectivity index is 1.58. The number of ether oxygens (including phenoxy) is 2. The van der Waals surface area contributed by atoms with Crippen molar-refractivity contribution in [3.05, 3.63) is 117 Å². The van der Waals surface area contributed by atoms with Crippen LogP contribution in [0.15, 0.2) is 72.8 Å². The van der Waals surface area contributed by atoms with Crippen LogP contribution in [0.1, 0.15) is 77.5 Å². The second-order valence-corrected chi connectivity index (χ2v) is 11.0. The van der Waals surface area contributed by atoms with Gasteiger partial charge in [0.05, 0.1) is 36.7 Å². The fourth-order valence-corrected chi connectivity index (χ4v) is 4.89. The molecule has 0 saturated carbocycles. The quantitative estimate of drug-likeness (QED) is 0.138. The average Bonchev–Trinajstić information content (AvgIpc) is 3.01. The molecule has 0 fully saturated rings. The predicted octanol–water partition coefficient (Wildman–Crippen LogP) is 6.12. The lowest BCUT2D eigenvalue weighted by Crippen LogP contribution is -2.21. The summed E-state index contributed by atoms with van der Waals surface area (Å²) in [6.45, 7) is 7.24. The van der Waals surface area contributed by atoms with E-state index in [1.165, 1.54) is 50.6 Å². The summed E-state index contributed by atoms with van der Waals surface area (Å²) in [7, 11) is 2.56. The highest BCUT2D eigenvalue weighted by Crippen LogP contribution is 2.38. The highest BCUT2D eigenvalue weighted by Gasteiger charge is 2.26. The van der Waals surface area contributed by atoms with E-state index in [0.717, 1.165) is 11.1 Å². The lowest BCUT2D eigenvalue weighted by molar-refractivity contribution is 0.0591. The van der Waals surface area contributed by atoms with Gasteiger partial charge in [0, 0.05) is 16.5 Å². The van der Waals surface area contributed by atoms with Crippen molar-refractivity contribution in [2.75, 3.05) is 24.9 Å². The molecule has 0 aromatic heterocycles. The smallest absolute Gasteiger partial charge is 0.338 e. The van der Waals surface area contributed by atoms with Crippen LogP contribution in [0.3, 0.4) is 0 Å². The van der Waals surface area contributed by atoms with Crippen molar-refractivity contribution in [3.63, 3.8) is 0 Å². The molecular formula is C35H34N2O8. The molecule has 0 aliphatic carbocycles. The number of hydrogen-bond acceptors (Lipinski definition) is 8. The lowest BCUT2D eigenvalue weighted by atomic mass is 9.77. The number of esters is 2. The van der Waals surface area contributed by atoms with Crippen LogP contribution in [0.5, 0.6) is 11.5 Å². The zero-order chi connectivity index (χ0) is 33.1. The van der Waals surface area contributed by atoms with E-state index >= 15 is 0 Å². The zero-order valence-corrected chi connectivity index (χ0v) is 25.8. The first-order valence-electron chi connectivity index (χ1n) is 13.9. The molecular weight excluding hydrogens is 576 g/mol. The number of hydrogen-bond donors (Lipinski definition) is 4. The minimum atomic E-state index is -0.710. The SMILES string of the molecule is COC(=O)c1ccc(C(=O)Nc2cc(C(C)(C)c3ccc(O)c(NC(=O)c4ccc(C(=O)OC)c(C)c4)c3)ccc2O)cc1C. The molecule has 232 valence electrons. The maximum atomic E-state index is 13.1. The van der Waals surface area contributed by atoms with Gasteiger partial charge in [0.25, 0.3) is 11.8 Å². The van der Waals surface area contributed by atoms with Gasteiger partial charge >= 0.3 is 11.9 Å². The third-order valence-electron chi connectivity index (χ3n) is 7.72. The highest BCUT2D eigenvalue weighted by molar-refractivity contribution is 6.07. The van der Waals surface area contributed by atoms with Crippen LogP contribution in [0.25, 0.3) is 0 Å². The summed E-state index contributed by atoms with van der Waals surface area (Å²) in [5, 5.41) is 26.6. The number of rotatable bonds is 8. The molecule has 0 atom stereocenters. The summed E-state index contributed by atoms with van der Waals surface area (Å²) in [6.07, 6.45) is 0. The van der Waals surface area contributed by atoms with Crippen LogP contribution >= 0.6 is 0 Å². The van der Waals surface area contributed by atoms with Crippen molar-refractivity contribution in [2.45, 2.75) is 33.1 Å². The van der Waals surface area contributed by atoms with Crippen molar-refractivity contribution in [3.8, 4) is 11.5 Å². The van der Waals surface area contributed by atoms with Gasteiger partial charge in [0.1, 0.15) is 11.5 Å². The monoisotopic (exact) mass is 610 g/mol. The van der Waals surface area contributed by atoms with E-state index in [2.05, 4.69) is 10.6 Å². The van der Waals surface area contributed by atoms with E-state index in [4.69, 9.17) is 9.47 Å². The van der Waals surface area contributed by atoms with E-state index in [0.29, 0.717) is 33.4 Å². The molecule has 0 unspecified atom stereocenters. The molecule has 0 radical (unpaired) electrons. The molecule has 10 heteroatoms. The second kappa shape index (κ2) is 12.9. The van der Waals surface area contributed by atoms with Gasteiger partial charge in [-0.25, -0.2) is 9.59 Å². The molecule has 0 aliphatic rings. The largest absolute Gasteiger partial charge is 0.506 e. The summed E-state index contributed by atoms with van der Waals surface area (Å²) < 4.78 is 9.52. The Morgan fingerprint density at radius 3 is 1.31 bits per heavy atom. The molecule has 4 aromatic carbocycles. The van der Waals surface area contributed by atoms with Crippen molar-refractivity contribution in [1.29, 1.82) is 0 Å². The van der Waals surface area contributed by atoms with E-state index in [1.807, 2.05) is 13.8 Å². The van der Waals surface area contributed by atoms with Gasteiger partial charge in [-0.15, -0.1) is 0 Å². The van der Waals surface area contributed by atoms with Crippen molar-refractivity contribution < 1.29 is 38.9 Å². The van der Waals surface area contributed by atoms with Crippen LogP contribution in [0.2, 0.25) is 0 Å². The molecule has 0 saturated heterocycles. The molecule has 0 aliphatic heterocycles. The highest BCUT2D eigenvalue weighted by atomic mass is 16.5. The van der Waals surface area contributed by atoms with Crippen molar-refractivity contribution >= 4 is 35.1 Å². The zero-order valence-electron chi connectivity index (χ0n) is 25.8. The number of aromatic hydroxyl groups is 2. The maximum absolute atomic E-state index is 13.1. The van der Waals surface area contributed by atoms with Crippen LogP contribution in [-0.4, -0.2) is 48.2 Å². The van der Waals surface area contributed by atoms with E-state index in [1.54, 1.807) is 50.2 Å². The minimum Gasteiger partial charge on any atom is -0.506 e. The molecule has 0 heterocycles. The first-order valence-corrected chi connectivity index (χ1v) is 13.9. The van der Waals surface area contributed by atoms with Gasteiger partial charge in [-0.05, 0) is 96.8 Å². The number of aryl methyl sites for hydroxylation is 2. The molecule has 4 aromatic rings. The number of amides is 2. The van der Waals surface area contributed by atoms with Crippen molar-refractivity contribution in [1.82, 2.24) is 0 Å². The number of benzene rings is 4.